The molecule has 0 aliphatic heterocycles. The Hall–Kier alpha value is -1.84. The molecule has 2 rings (SSSR count). The van der Waals surface area contributed by atoms with Crippen molar-refractivity contribution < 1.29 is 14.5 Å². The van der Waals surface area contributed by atoms with Crippen molar-refractivity contribution in [1.82, 2.24) is 4.98 Å². The van der Waals surface area contributed by atoms with Gasteiger partial charge in [-0.3, -0.25) is 0 Å². The van der Waals surface area contributed by atoms with Crippen molar-refractivity contribution in [3.05, 3.63) is 30.6 Å². The molecule has 0 atom stereocenters. The van der Waals surface area contributed by atoms with Gasteiger partial charge in [-0.25, -0.2) is 4.98 Å². The van der Waals surface area contributed by atoms with E-state index in [2.05, 4.69) is 4.98 Å². The molecule has 1 heterocycles. The summed E-state index contributed by atoms with van der Waals surface area (Å²) >= 11 is 0. The van der Waals surface area contributed by atoms with Gasteiger partial charge >= 0.3 is 6.09 Å². The van der Waals surface area contributed by atoms with Gasteiger partial charge in [-0.15, -0.1) is 4.57 Å². The second-order valence-electron chi connectivity index (χ2n) is 2.44. The monoisotopic (exact) mass is 163 g/mol. The Labute approximate surface area is 68.1 Å². The quantitative estimate of drug-likeness (QED) is 0.569. The number of nitrogens with one attached hydrogen (secondary N) is 1. The van der Waals surface area contributed by atoms with Crippen molar-refractivity contribution >= 4 is 17.1 Å². The number of para-hydroxylation sites is 2. The number of rotatable bonds is 0. The van der Waals surface area contributed by atoms with Crippen LogP contribution in [0.25, 0.3) is 11.0 Å². The van der Waals surface area contributed by atoms with Gasteiger partial charge in [0.25, 0.3) is 6.33 Å². The molecule has 2 N–H and O–H groups in total. The van der Waals surface area contributed by atoms with E-state index in [1.165, 1.54) is 6.33 Å². The average molecular weight is 163 g/mol. The van der Waals surface area contributed by atoms with Crippen molar-refractivity contribution in [3.63, 3.8) is 0 Å². The van der Waals surface area contributed by atoms with Crippen LogP contribution in [-0.2, 0) is 0 Å². The molecule has 2 aromatic rings. The molecule has 0 unspecified atom stereocenters. The molecule has 0 amide bonds. The van der Waals surface area contributed by atoms with Gasteiger partial charge in [-0.1, -0.05) is 12.1 Å². The molecule has 0 saturated heterocycles. The predicted octanol–water partition coefficient (Wildman–Crippen LogP) is 0.981. The average Bonchev–Trinajstić information content (AvgIpc) is 2.47. The van der Waals surface area contributed by atoms with E-state index < -0.39 is 6.09 Å². The van der Waals surface area contributed by atoms with E-state index in [1.54, 1.807) is 12.1 Å². The third-order valence-corrected chi connectivity index (χ3v) is 1.72. The number of benzene rings is 1. The van der Waals surface area contributed by atoms with Crippen LogP contribution in [-0.4, -0.2) is 16.2 Å². The lowest BCUT2D eigenvalue weighted by Gasteiger charge is -1.85. The van der Waals surface area contributed by atoms with Gasteiger partial charge < -0.3 is 5.11 Å². The zero-order chi connectivity index (χ0) is 8.55. The summed E-state index contributed by atoms with van der Waals surface area (Å²) in [5.74, 6) is 0. The Bertz CT molecular complexity index is 433. The molecule has 0 radical (unpaired) electrons. The SMILES string of the molecule is O=C(O)[n+]1c[nH]c2ccccc21. The smallest absolute Gasteiger partial charge is 0.446 e. The lowest BCUT2D eigenvalue weighted by Crippen LogP contribution is -2.39. The molecular weight excluding hydrogens is 156 g/mol. The summed E-state index contributed by atoms with van der Waals surface area (Å²) in [5, 5.41) is 8.71. The molecule has 0 fully saturated rings. The number of aromatic amines is 1. The molecule has 12 heavy (non-hydrogen) atoms. The molecule has 1 aromatic carbocycles. The molecule has 0 spiro atoms. The zero-order valence-corrected chi connectivity index (χ0v) is 6.19. The molecule has 60 valence electrons. The number of hydrogen-bond donors (Lipinski definition) is 2. The first kappa shape index (κ1) is 6.84. The minimum Gasteiger partial charge on any atom is -0.446 e. The summed E-state index contributed by atoms with van der Waals surface area (Å²) in [6, 6.07) is 7.23. The highest BCUT2D eigenvalue weighted by atomic mass is 16.4. The first-order chi connectivity index (χ1) is 5.79. The largest absolute Gasteiger partial charge is 0.509 e. The molecule has 0 bridgehead atoms. The number of aromatic nitrogens is 2. The topological polar surface area (TPSA) is 57.0 Å². The van der Waals surface area contributed by atoms with Crippen LogP contribution >= 0.6 is 0 Å². The fourth-order valence-corrected chi connectivity index (χ4v) is 1.17. The fourth-order valence-electron chi connectivity index (χ4n) is 1.17. The summed E-state index contributed by atoms with van der Waals surface area (Å²) in [7, 11) is 0. The molecule has 0 aliphatic carbocycles. The molecule has 4 nitrogen and oxygen atoms in total. The van der Waals surface area contributed by atoms with Crippen LogP contribution in [0.15, 0.2) is 30.6 Å². The van der Waals surface area contributed by atoms with Gasteiger partial charge in [0.05, 0.1) is 0 Å². The fraction of sp³-hybridized carbons (Fsp3) is 0. The minimum atomic E-state index is -0.979. The summed E-state index contributed by atoms with van der Waals surface area (Å²) in [4.78, 5) is 13.5. The summed E-state index contributed by atoms with van der Waals surface area (Å²) in [6.07, 6.45) is 0.444. The van der Waals surface area contributed by atoms with E-state index in [0.29, 0.717) is 5.52 Å². The Morgan fingerprint density at radius 1 is 1.42 bits per heavy atom. The third kappa shape index (κ3) is 0.852. The molecular formula is C8H7N2O2+. The normalized spacial score (nSPS) is 10.3. The maximum Gasteiger partial charge on any atom is 0.509 e. The van der Waals surface area contributed by atoms with E-state index in [4.69, 9.17) is 5.11 Å². The Balaban J connectivity index is 2.79. The Morgan fingerprint density at radius 2 is 2.17 bits per heavy atom. The van der Waals surface area contributed by atoms with Crippen LogP contribution in [0.2, 0.25) is 0 Å². The first-order valence-corrected chi connectivity index (χ1v) is 3.50. The van der Waals surface area contributed by atoms with E-state index in [-0.39, 0.29) is 0 Å². The van der Waals surface area contributed by atoms with Crippen molar-refractivity contribution in [2.45, 2.75) is 0 Å². The summed E-state index contributed by atoms with van der Waals surface area (Å²) < 4.78 is 1.15. The molecule has 0 aliphatic rings. The highest BCUT2D eigenvalue weighted by molar-refractivity contribution is 5.74. The molecule has 1 aromatic heterocycles. The number of carbonyl (C=O) groups is 1. The highest BCUT2D eigenvalue weighted by Crippen LogP contribution is 2.04. The third-order valence-electron chi connectivity index (χ3n) is 1.72. The van der Waals surface area contributed by atoms with E-state index >= 15 is 0 Å². The predicted molar refractivity (Wildman–Crippen MR) is 41.9 cm³/mol. The number of hydrogen-bond acceptors (Lipinski definition) is 1. The van der Waals surface area contributed by atoms with E-state index in [9.17, 15) is 4.79 Å². The van der Waals surface area contributed by atoms with Crippen molar-refractivity contribution in [1.29, 1.82) is 0 Å². The van der Waals surface area contributed by atoms with Gasteiger partial charge in [0.2, 0.25) is 0 Å². The second-order valence-corrected chi connectivity index (χ2v) is 2.44. The zero-order valence-electron chi connectivity index (χ0n) is 6.19. The summed E-state index contributed by atoms with van der Waals surface area (Å²) in [5.41, 5.74) is 1.49. The number of imidazole rings is 1. The number of nitrogens with zero attached hydrogens (tertiary/aromatic N) is 1. The number of fused-ring (bicyclic) bond motifs is 1. The van der Waals surface area contributed by atoms with Gasteiger partial charge in [0.1, 0.15) is 0 Å². The molecule has 0 saturated carbocycles. The highest BCUT2D eigenvalue weighted by Gasteiger charge is 2.14. The maximum atomic E-state index is 10.6. The minimum absolute atomic E-state index is 0.671. The van der Waals surface area contributed by atoms with E-state index in [1.807, 2.05) is 12.1 Å². The van der Waals surface area contributed by atoms with Crippen LogP contribution in [0.5, 0.6) is 0 Å². The van der Waals surface area contributed by atoms with Crippen LogP contribution in [0, 0.1) is 0 Å². The van der Waals surface area contributed by atoms with Gasteiger partial charge in [0.15, 0.2) is 11.0 Å². The van der Waals surface area contributed by atoms with Crippen molar-refractivity contribution in [2.75, 3.05) is 0 Å². The lowest BCUT2D eigenvalue weighted by molar-refractivity contribution is -0.556. The number of H-pyrrole nitrogens is 1. The standard InChI is InChI=1S/C8H6N2O2/c11-8(12)10-5-9-6-3-1-2-4-7(6)10/h1-5H,(H,11,12)/p+1. The number of carboxylic acid groups (broad SMARTS) is 1. The Kier molecular flexibility index (Phi) is 1.33. The first-order valence-electron chi connectivity index (χ1n) is 3.50. The van der Waals surface area contributed by atoms with Crippen molar-refractivity contribution in [2.24, 2.45) is 0 Å². The van der Waals surface area contributed by atoms with E-state index in [0.717, 1.165) is 10.1 Å². The lowest BCUT2D eigenvalue weighted by atomic mass is 10.3. The van der Waals surface area contributed by atoms with Gasteiger partial charge in [-0.05, 0) is 12.1 Å². The maximum absolute atomic E-state index is 10.6. The van der Waals surface area contributed by atoms with Gasteiger partial charge in [-0.2, -0.15) is 4.79 Å². The molecule has 4 heteroatoms. The van der Waals surface area contributed by atoms with Crippen LogP contribution in [0.4, 0.5) is 4.79 Å². The van der Waals surface area contributed by atoms with Crippen LogP contribution in [0.3, 0.4) is 0 Å². The Morgan fingerprint density at radius 3 is 2.92 bits per heavy atom. The summed E-state index contributed by atoms with van der Waals surface area (Å²) in [6.45, 7) is 0. The van der Waals surface area contributed by atoms with Gasteiger partial charge in [0, 0.05) is 0 Å². The second kappa shape index (κ2) is 2.34. The van der Waals surface area contributed by atoms with Crippen LogP contribution in [0.1, 0.15) is 0 Å². The van der Waals surface area contributed by atoms with Crippen molar-refractivity contribution in [3.8, 4) is 0 Å². The van der Waals surface area contributed by atoms with Crippen LogP contribution < -0.4 is 4.57 Å².